The maximum absolute atomic E-state index is 12.0. The summed E-state index contributed by atoms with van der Waals surface area (Å²) >= 11 is 0. The van der Waals surface area contributed by atoms with Gasteiger partial charge in [0.1, 0.15) is 0 Å². The van der Waals surface area contributed by atoms with Gasteiger partial charge < -0.3 is 20.7 Å². The Morgan fingerprint density at radius 3 is 2.69 bits per heavy atom. The molecule has 0 aliphatic heterocycles. The van der Waals surface area contributed by atoms with E-state index in [2.05, 4.69) is 22.9 Å². The van der Waals surface area contributed by atoms with Crippen LogP contribution in [0.2, 0.25) is 0 Å². The van der Waals surface area contributed by atoms with Crippen LogP contribution in [0.25, 0.3) is 0 Å². The van der Waals surface area contributed by atoms with Crippen LogP contribution in [0.4, 0.5) is 5.69 Å². The molecule has 162 valence electrons. The molecule has 0 unspecified atom stereocenters. The Bertz CT molecular complexity index is 669. The van der Waals surface area contributed by atoms with E-state index < -0.39 is 0 Å². The van der Waals surface area contributed by atoms with Gasteiger partial charge in [0.15, 0.2) is 5.96 Å². The lowest BCUT2D eigenvalue weighted by atomic mass is 9.67. The van der Waals surface area contributed by atoms with Crippen LogP contribution in [-0.4, -0.2) is 38.7 Å². The highest BCUT2D eigenvalue weighted by Gasteiger charge is 2.36. The smallest absolute Gasteiger partial charge is 0.224 e. The summed E-state index contributed by atoms with van der Waals surface area (Å²) in [5.74, 6) is 1.24. The van der Waals surface area contributed by atoms with Crippen molar-refractivity contribution in [2.24, 2.45) is 16.3 Å². The number of nitrogens with one attached hydrogen (secondary N) is 3. The Labute approximate surface area is 175 Å². The molecule has 1 aliphatic carbocycles. The molecule has 0 aromatic heterocycles. The standard InChI is InChI=1S/C23H38N4O2/c1-5-24-22(26-17-23(10-7-11-23)12-13-29-4)25-16-19-8-6-9-20(15-19)27-21(28)14-18(2)3/h6,8-9,15,18H,5,7,10-14,16-17H2,1-4H3,(H,27,28)(H2,24,25,26). The predicted molar refractivity (Wildman–Crippen MR) is 120 cm³/mol. The number of hydrogen-bond acceptors (Lipinski definition) is 3. The number of rotatable bonds is 11. The number of guanidine groups is 1. The fourth-order valence-corrected chi connectivity index (χ4v) is 3.62. The van der Waals surface area contributed by atoms with Crippen molar-refractivity contribution in [1.29, 1.82) is 0 Å². The molecule has 0 spiro atoms. The van der Waals surface area contributed by atoms with E-state index in [1.807, 2.05) is 38.1 Å². The number of hydrogen-bond donors (Lipinski definition) is 3. The summed E-state index contributed by atoms with van der Waals surface area (Å²) in [6.07, 6.45) is 5.42. The van der Waals surface area contributed by atoms with Crippen LogP contribution in [0.3, 0.4) is 0 Å². The second-order valence-electron chi connectivity index (χ2n) is 8.49. The zero-order valence-corrected chi connectivity index (χ0v) is 18.5. The van der Waals surface area contributed by atoms with Crippen molar-refractivity contribution in [3.8, 4) is 0 Å². The van der Waals surface area contributed by atoms with Gasteiger partial charge in [-0.1, -0.05) is 32.4 Å². The van der Waals surface area contributed by atoms with Crippen molar-refractivity contribution < 1.29 is 9.53 Å². The van der Waals surface area contributed by atoms with Crippen molar-refractivity contribution in [3.05, 3.63) is 29.8 Å². The summed E-state index contributed by atoms with van der Waals surface area (Å²) < 4.78 is 5.29. The average molecular weight is 403 g/mol. The second-order valence-corrected chi connectivity index (χ2v) is 8.49. The first kappa shape index (κ1) is 23.2. The monoisotopic (exact) mass is 402 g/mol. The largest absolute Gasteiger partial charge is 0.385 e. The number of ether oxygens (including phenoxy) is 1. The quantitative estimate of drug-likeness (QED) is 0.387. The molecule has 6 nitrogen and oxygen atoms in total. The molecule has 0 saturated heterocycles. The maximum Gasteiger partial charge on any atom is 0.224 e. The highest BCUT2D eigenvalue weighted by atomic mass is 16.5. The number of nitrogens with zero attached hydrogens (tertiary/aromatic N) is 1. The van der Waals surface area contributed by atoms with Gasteiger partial charge in [-0.3, -0.25) is 4.79 Å². The molecule has 1 aromatic rings. The Morgan fingerprint density at radius 1 is 1.28 bits per heavy atom. The number of benzene rings is 1. The van der Waals surface area contributed by atoms with Crippen LogP contribution in [0.5, 0.6) is 0 Å². The molecule has 1 aliphatic rings. The minimum atomic E-state index is 0.0533. The molecular formula is C23H38N4O2. The molecule has 3 N–H and O–H groups in total. The molecule has 1 aromatic carbocycles. The van der Waals surface area contributed by atoms with Gasteiger partial charge in [-0.05, 0) is 55.2 Å². The van der Waals surface area contributed by atoms with E-state index >= 15 is 0 Å². The third kappa shape index (κ3) is 8.05. The lowest BCUT2D eigenvalue weighted by molar-refractivity contribution is -0.116. The van der Waals surface area contributed by atoms with E-state index in [4.69, 9.17) is 9.73 Å². The summed E-state index contributed by atoms with van der Waals surface area (Å²) in [4.78, 5) is 16.8. The van der Waals surface area contributed by atoms with Crippen LogP contribution >= 0.6 is 0 Å². The highest BCUT2D eigenvalue weighted by Crippen LogP contribution is 2.43. The van der Waals surface area contributed by atoms with Gasteiger partial charge in [0.2, 0.25) is 5.91 Å². The minimum Gasteiger partial charge on any atom is -0.385 e. The molecule has 0 bridgehead atoms. The van der Waals surface area contributed by atoms with Crippen LogP contribution in [0.1, 0.15) is 58.4 Å². The number of amides is 1. The molecule has 0 heterocycles. The second kappa shape index (κ2) is 11.8. The zero-order valence-electron chi connectivity index (χ0n) is 18.5. The fraction of sp³-hybridized carbons (Fsp3) is 0.652. The lowest BCUT2D eigenvalue weighted by Gasteiger charge is -2.42. The molecule has 0 radical (unpaired) electrons. The van der Waals surface area contributed by atoms with Crippen molar-refractivity contribution in [2.45, 2.75) is 59.4 Å². The summed E-state index contributed by atoms with van der Waals surface area (Å²) in [6.45, 7) is 9.28. The zero-order chi connectivity index (χ0) is 21.1. The van der Waals surface area contributed by atoms with Crippen LogP contribution in [0, 0.1) is 11.3 Å². The molecular weight excluding hydrogens is 364 g/mol. The van der Waals surface area contributed by atoms with Gasteiger partial charge in [0.05, 0.1) is 6.54 Å². The highest BCUT2D eigenvalue weighted by molar-refractivity contribution is 5.90. The van der Waals surface area contributed by atoms with Gasteiger partial charge in [-0.15, -0.1) is 0 Å². The molecule has 0 atom stereocenters. The first-order valence-electron chi connectivity index (χ1n) is 10.9. The summed E-state index contributed by atoms with van der Waals surface area (Å²) in [6, 6.07) is 7.92. The van der Waals surface area contributed by atoms with E-state index in [-0.39, 0.29) is 5.91 Å². The first-order valence-corrected chi connectivity index (χ1v) is 10.9. The first-order chi connectivity index (χ1) is 14.0. The SMILES string of the molecule is CCNC(=NCc1cccc(NC(=O)CC(C)C)c1)NCC1(CCOC)CCC1. The Kier molecular flexibility index (Phi) is 9.45. The number of anilines is 1. The number of carbonyl (C=O) groups excluding carboxylic acids is 1. The van der Waals surface area contributed by atoms with Crippen LogP contribution < -0.4 is 16.0 Å². The molecule has 1 saturated carbocycles. The Morgan fingerprint density at radius 2 is 2.07 bits per heavy atom. The van der Waals surface area contributed by atoms with E-state index in [0.29, 0.717) is 24.3 Å². The topological polar surface area (TPSA) is 74.8 Å². The van der Waals surface area contributed by atoms with Gasteiger partial charge in [0, 0.05) is 38.9 Å². The Hall–Kier alpha value is -2.08. The van der Waals surface area contributed by atoms with Crippen LogP contribution in [0.15, 0.2) is 29.3 Å². The molecule has 1 amide bonds. The minimum absolute atomic E-state index is 0.0533. The number of carbonyl (C=O) groups is 1. The van der Waals surface area contributed by atoms with E-state index in [1.54, 1.807) is 7.11 Å². The molecule has 29 heavy (non-hydrogen) atoms. The van der Waals surface area contributed by atoms with Gasteiger partial charge in [0.25, 0.3) is 0 Å². The van der Waals surface area contributed by atoms with Gasteiger partial charge in [-0.25, -0.2) is 4.99 Å². The van der Waals surface area contributed by atoms with Crippen LogP contribution in [-0.2, 0) is 16.1 Å². The summed E-state index contributed by atoms with van der Waals surface area (Å²) in [5.41, 5.74) is 2.24. The average Bonchev–Trinajstić information content (AvgIpc) is 2.64. The molecule has 1 fully saturated rings. The Balaban J connectivity index is 1.93. The van der Waals surface area contributed by atoms with Crippen molar-refractivity contribution in [3.63, 3.8) is 0 Å². The third-order valence-corrected chi connectivity index (χ3v) is 5.45. The van der Waals surface area contributed by atoms with Crippen molar-refractivity contribution in [2.75, 3.05) is 32.1 Å². The normalized spacial score (nSPS) is 15.7. The fourth-order valence-electron chi connectivity index (χ4n) is 3.62. The van der Waals surface area contributed by atoms with E-state index in [0.717, 1.165) is 43.3 Å². The van der Waals surface area contributed by atoms with E-state index in [1.165, 1.54) is 19.3 Å². The summed E-state index contributed by atoms with van der Waals surface area (Å²) in [5, 5.41) is 9.84. The van der Waals surface area contributed by atoms with E-state index in [9.17, 15) is 4.79 Å². The van der Waals surface area contributed by atoms with Gasteiger partial charge in [-0.2, -0.15) is 0 Å². The van der Waals surface area contributed by atoms with Crippen molar-refractivity contribution >= 4 is 17.6 Å². The predicted octanol–water partition coefficient (Wildman–Crippen LogP) is 3.93. The third-order valence-electron chi connectivity index (χ3n) is 5.45. The summed E-state index contributed by atoms with van der Waals surface area (Å²) in [7, 11) is 1.77. The lowest BCUT2D eigenvalue weighted by Crippen LogP contribution is -2.46. The number of aliphatic imine (C=N–C) groups is 1. The molecule has 2 rings (SSSR count). The molecule has 6 heteroatoms. The number of methoxy groups -OCH3 is 1. The maximum atomic E-state index is 12.0. The van der Waals surface area contributed by atoms with Crippen molar-refractivity contribution in [1.82, 2.24) is 10.6 Å². The van der Waals surface area contributed by atoms with Gasteiger partial charge >= 0.3 is 0 Å².